The highest BCUT2D eigenvalue weighted by Gasteiger charge is 2.01. The van der Waals surface area contributed by atoms with Crippen molar-refractivity contribution in [3.8, 4) is 0 Å². The van der Waals surface area contributed by atoms with Gasteiger partial charge in [-0.2, -0.15) is 0 Å². The van der Waals surface area contributed by atoms with Crippen LogP contribution >= 0.6 is 23.8 Å². The van der Waals surface area contributed by atoms with Gasteiger partial charge in [-0.25, -0.2) is 4.98 Å². The molecule has 0 aliphatic heterocycles. The Kier molecular flexibility index (Phi) is 5.12. The Morgan fingerprint density at radius 1 is 1.21 bits per heavy atom. The molecule has 0 unspecified atom stereocenters. The molecule has 3 nitrogen and oxygen atoms in total. The van der Waals surface area contributed by atoms with Crippen LogP contribution < -0.4 is 15.6 Å². The van der Waals surface area contributed by atoms with Crippen molar-refractivity contribution in [2.75, 3.05) is 11.9 Å². The third kappa shape index (κ3) is 4.85. The van der Waals surface area contributed by atoms with E-state index in [1.807, 2.05) is 42.6 Å². The van der Waals surface area contributed by atoms with Crippen molar-refractivity contribution in [2.24, 2.45) is 0 Å². The SMILES string of the molecule is S=C(NCCc1cccc[nH+]1)Nc1cccc(Cl)c1. The summed E-state index contributed by atoms with van der Waals surface area (Å²) >= 11 is 11.1. The fraction of sp³-hybridized carbons (Fsp3) is 0.143. The van der Waals surface area contributed by atoms with Crippen LogP contribution in [-0.4, -0.2) is 11.7 Å². The van der Waals surface area contributed by atoms with Gasteiger partial charge in [0.05, 0.1) is 0 Å². The first-order valence-electron chi connectivity index (χ1n) is 6.00. The number of aromatic nitrogens is 1. The molecule has 0 radical (unpaired) electrons. The van der Waals surface area contributed by atoms with Crippen LogP contribution in [-0.2, 0) is 6.42 Å². The number of thiocarbonyl (C=S) groups is 1. The summed E-state index contributed by atoms with van der Waals surface area (Å²) in [5, 5.41) is 7.53. The second-order valence-corrected chi connectivity index (χ2v) is 4.87. The summed E-state index contributed by atoms with van der Waals surface area (Å²) in [7, 11) is 0. The Hall–Kier alpha value is -1.65. The van der Waals surface area contributed by atoms with Gasteiger partial charge in [-0.15, -0.1) is 0 Å². The van der Waals surface area contributed by atoms with E-state index < -0.39 is 0 Å². The van der Waals surface area contributed by atoms with Crippen LogP contribution in [0.4, 0.5) is 5.69 Å². The molecule has 0 amide bonds. The lowest BCUT2D eigenvalue weighted by molar-refractivity contribution is -0.390. The zero-order chi connectivity index (χ0) is 13.5. The summed E-state index contributed by atoms with van der Waals surface area (Å²) < 4.78 is 0. The standard InChI is InChI=1S/C14H14ClN3S/c15-11-4-3-6-13(10-11)18-14(19)17-9-7-12-5-1-2-8-16-12/h1-6,8,10H,7,9H2,(H2,17,18,19)/p+1. The number of rotatable bonds is 4. The van der Waals surface area contributed by atoms with Gasteiger partial charge < -0.3 is 10.6 Å². The first kappa shape index (κ1) is 13.8. The Balaban J connectivity index is 1.76. The molecule has 0 fully saturated rings. The number of aromatic amines is 1. The van der Waals surface area contributed by atoms with Crippen LogP contribution in [0.5, 0.6) is 0 Å². The van der Waals surface area contributed by atoms with Gasteiger partial charge in [0.15, 0.2) is 17.0 Å². The summed E-state index contributed by atoms with van der Waals surface area (Å²) in [5.74, 6) is 0. The Labute approximate surface area is 123 Å². The van der Waals surface area contributed by atoms with Gasteiger partial charge in [0.25, 0.3) is 0 Å². The van der Waals surface area contributed by atoms with Crippen LogP contribution in [0.1, 0.15) is 5.69 Å². The maximum absolute atomic E-state index is 5.90. The third-order valence-corrected chi connectivity index (χ3v) is 3.02. The Bertz CT molecular complexity index is 545. The molecule has 1 aromatic carbocycles. The lowest BCUT2D eigenvalue weighted by Gasteiger charge is -2.09. The molecular weight excluding hydrogens is 278 g/mol. The highest BCUT2D eigenvalue weighted by molar-refractivity contribution is 7.80. The number of benzene rings is 1. The minimum Gasteiger partial charge on any atom is -0.362 e. The average molecular weight is 293 g/mol. The molecule has 0 bridgehead atoms. The zero-order valence-electron chi connectivity index (χ0n) is 10.3. The van der Waals surface area contributed by atoms with E-state index in [2.05, 4.69) is 21.7 Å². The molecule has 0 saturated heterocycles. The monoisotopic (exact) mass is 292 g/mol. The van der Waals surface area contributed by atoms with Crippen molar-refractivity contribution in [1.82, 2.24) is 5.32 Å². The minimum absolute atomic E-state index is 0.596. The number of hydrogen-bond acceptors (Lipinski definition) is 1. The maximum Gasteiger partial charge on any atom is 0.181 e. The number of H-pyrrole nitrogens is 1. The average Bonchev–Trinajstić information content (AvgIpc) is 2.40. The van der Waals surface area contributed by atoms with E-state index in [4.69, 9.17) is 23.8 Å². The predicted octanol–water partition coefficient (Wildman–Crippen LogP) is 2.68. The van der Waals surface area contributed by atoms with Crippen molar-refractivity contribution in [1.29, 1.82) is 0 Å². The van der Waals surface area contributed by atoms with Crippen molar-refractivity contribution in [2.45, 2.75) is 6.42 Å². The number of halogens is 1. The predicted molar refractivity (Wildman–Crippen MR) is 82.4 cm³/mol. The number of hydrogen-bond donors (Lipinski definition) is 2. The van der Waals surface area contributed by atoms with Crippen LogP contribution in [0.25, 0.3) is 0 Å². The first-order chi connectivity index (χ1) is 9.24. The van der Waals surface area contributed by atoms with Crippen LogP contribution in [0.2, 0.25) is 5.02 Å². The largest absolute Gasteiger partial charge is 0.362 e. The molecule has 0 spiro atoms. The minimum atomic E-state index is 0.596. The molecule has 98 valence electrons. The van der Waals surface area contributed by atoms with Gasteiger partial charge in [0.2, 0.25) is 0 Å². The summed E-state index contributed by atoms with van der Waals surface area (Å²) in [6.07, 6.45) is 2.80. The molecular formula is C14H15ClN3S+. The Morgan fingerprint density at radius 3 is 2.84 bits per heavy atom. The molecule has 2 rings (SSSR count). The fourth-order valence-corrected chi connectivity index (χ4v) is 2.05. The summed E-state index contributed by atoms with van der Waals surface area (Å²) in [4.78, 5) is 3.18. The van der Waals surface area contributed by atoms with Crippen LogP contribution in [0, 0.1) is 0 Å². The van der Waals surface area contributed by atoms with E-state index >= 15 is 0 Å². The van der Waals surface area contributed by atoms with E-state index in [9.17, 15) is 0 Å². The summed E-state index contributed by atoms with van der Waals surface area (Å²) in [5.41, 5.74) is 2.05. The van der Waals surface area contributed by atoms with E-state index in [1.165, 1.54) is 5.69 Å². The van der Waals surface area contributed by atoms with Crippen molar-refractivity contribution in [3.05, 3.63) is 59.4 Å². The fourth-order valence-electron chi connectivity index (χ4n) is 1.64. The van der Waals surface area contributed by atoms with Gasteiger partial charge in [0.1, 0.15) is 0 Å². The summed E-state index contributed by atoms with van der Waals surface area (Å²) in [6.45, 7) is 0.771. The van der Waals surface area contributed by atoms with Gasteiger partial charge in [-0.3, -0.25) is 0 Å². The topological polar surface area (TPSA) is 38.2 Å². The summed E-state index contributed by atoms with van der Waals surface area (Å²) in [6, 6.07) is 13.5. The number of anilines is 1. The van der Waals surface area contributed by atoms with Gasteiger partial charge in [-0.1, -0.05) is 23.7 Å². The molecule has 19 heavy (non-hydrogen) atoms. The zero-order valence-corrected chi connectivity index (χ0v) is 11.9. The van der Waals surface area contributed by atoms with E-state index in [0.717, 1.165) is 18.7 Å². The normalized spacial score (nSPS) is 9.95. The Morgan fingerprint density at radius 2 is 2.11 bits per heavy atom. The smallest absolute Gasteiger partial charge is 0.181 e. The molecule has 0 atom stereocenters. The van der Waals surface area contributed by atoms with Crippen molar-refractivity contribution >= 4 is 34.6 Å². The van der Waals surface area contributed by atoms with Crippen LogP contribution in [0.3, 0.4) is 0 Å². The molecule has 1 aromatic heterocycles. The van der Waals surface area contributed by atoms with Gasteiger partial charge >= 0.3 is 0 Å². The van der Waals surface area contributed by atoms with Crippen molar-refractivity contribution < 1.29 is 4.98 Å². The van der Waals surface area contributed by atoms with E-state index in [1.54, 1.807) is 0 Å². The lowest BCUT2D eigenvalue weighted by atomic mass is 10.3. The highest BCUT2D eigenvalue weighted by atomic mass is 35.5. The second-order valence-electron chi connectivity index (χ2n) is 4.03. The van der Waals surface area contributed by atoms with E-state index in [0.29, 0.717) is 10.1 Å². The van der Waals surface area contributed by atoms with E-state index in [-0.39, 0.29) is 0 Å². The molecule has 1 heterocycles. The van der Waals surface area contributed by atoms with Gasteiger partial charge in [0, 0.05) is 35.8 Å². The first-order valence-corrected chi connectivity index (χ1v) is 6.79. The molecule has 2 aromatic rings. The highest BCUT2D eigenvalue weighted by Crippen LogP contribution is 2.14. The molecule has 5 heteroatoms. The molecule has 0 saturated carbocycles. The second kappa shape index (κ2) is 7.07. The number of nitrogens with one attached hydrogen (secondary N) is 3. The molecule has 0 aliphatic rings. The molecule has 0 aliphatic carbocycles. The number of pyridine rings is 1. The van der Waals surface area contributed by atoms with Gasteiger partial charge in [-0.05, 0) is 30.4 Å². The maximum atomic E-state index is 5.90. The lowest BCUT2D eigenvalue weighted by Crippen LogP contribution is -2.31. The molecule has 3 N–H and O–H groups in total. The van der Waals surface area contributed by atoms with Crippen LogP contribution in [0.15, 0.2) is 48.7 Å². The quantitative estimate of drug-likeness (QED) is 0.851. The third-order valence-electron chi connectivity index (χ3n) is 2.54. The van der Waals surface area contributed by atoms with Crippen molar-refractivity contribution in [3.63, 3.8) is 0 Å².